The van der Waals surface area contributed by atoms with Crippen LogP contribution < -0.4 is 11.1 Å². The number of thiol groups is 3. The van der Waals surface area contributed by atoms with Gasteiger partial charge in [-0.1, -0.05) is 12.8 Å². The van der Waals surface area contributed by atoms with Crippen LogP contribution in [0.4, 0.5) is 0 Å². The molecule has 0 aliphatic carbocycles. The van der Waals surface area contributed by atoms with Gasteiger partial charge in [-0.05, 0) is 11.9 Å². The smallest absolute Gasteiger partial charge is 0.267 e. The Kier molecular flexibility index (Phi) is 3.36. The van der Waals surface area contributed by atoms with Crippen molar-refractivity contribution in [2.45, 2.75) is 9.92 Å². The molecule has 2 rings (SSSR count). The lowest BCUT2D eigenvalue weighted by Gasteiger charge is -2.07. The highest BCUT2D eigenvalue weighted by Crippen LogP contribution is 2.25. The van der Waals surface area contributed by atoms with Crippen LogP contribution >= 0.6 is 50.0 Å². The maximum absolute atomic E-state index is 12.0. The molecule has 0 bridgehead atoms. The molecule has 92 valence electrons. The highest BCUT2D eigenvalue weighted by atomic mass is 32.2. The molecule has 0 aliphatic heterocycles. The van der Waals surface area contributed by atoms with Crippen molar-refractivity contribution in [1.82, 2.24) is 12.7 Å². The molecule has 5 nitrogen and oxygen atoms in total. The fourth-order valence-corrected chi connectivity index (χ4v) is 3.25. The van der Waals surface area contributed by atoms with Crippen LogP contribution in [0.25, 0.3) is 10.9 Å². The van der Waals surface area contributed by atoms with E-state index in [1.165, 1.54) is 16.6 Å². The lowest BCUT2D eigenvalue weighted by molar-refractivity contribution is 0.713. The van der Waals surface area contributed by atoms with Gasteiger partial charge in [-0.15, -0.1) is 25.3 Å². The van der Waals surface area contributed by atoms with E-state index in [2.05, 4.69) is 38.1 Å². The fourth-order valence-electron chi connectivity index (χ4n) is 1.62. The van der Waals surface area contributed by atoms with E-state index < -0.39 is 5.56 Å². The largest absolute Gasteiger partial charge is 0.277 e. The third-order valence-corrected chi connectivity index (χ3v) is 4.56. The Labute approximate surface area is 117 Å². The number of hydrogen-bond acceptors (Lipinski definition) is 6. The average Bonchev–Trinajstić information content (AvgIpc) is 2.57. The van der Waals surface area contributed by atoms with Gasteiger partial charge in [0.05, 0.1) is 4.90 Å². The molecule has 0 aromatic carbocycles. The minimum Gasteiger partial charge on any atom is -0.267 e. The molecule has 0 N–H and O–H groups in total. The Morgan fingerprint density at radius 2 is 1.76 bits per heavy atom. The van der Waals surface area contributed by atoms with Gasteiger partial charge in [-0.25, -0.2) is 12.7 Å². The highest BCUT2D eigenvalue weighted by molar-refractivity contribution is 7.97. The second-order valence-electron chi connectivity index (χ2n) is 3.30. The van der Waals surface area contributed by atoms with Gasteiger partial charge in [0.1, 0.15) is 15.9 Å². The van der Waals surface area contributed by atoms with E-state index in [0.29, 0.717) is 10.9 Å². The lowest BCUT2D eigenvalue weighted by atomic mass is 10.3. The maximum atomic E-state index is 12.0. The van der Waals surface area contributed by atoms with Gasteiger partial charge in [-0.2, -0.15) is 0 Å². The predicted octanol–water partition coefficient (Wildman–Crippen LogP) is 0.898. The zero-order valence-corrected chi connectivity index (χ0v) is 12.4. The van der Waals surface area contributed by atoms with E-state index in [1.807, 2.05) is 0 Å². The summed E-state index contributed by atoms with van der Waals surface area (Å²) in [6.45, 7) is 0. The third kappa shape index (κ3) is 1.67. The van der Waals surface area contributed by atoms with Crippen LogP contribution in [0.1, 0.15) is 0 Å². The van der Waals surface area contributed by atoms with Gasteiger partial charge in [0.2, 0.25) is 0 Å². The van der Waals surface area contributed by atoms with Gasteiger partial charge < -0.3 is 0 Å². The summed E-state index contributed by atoms with van der Waals surface area (Å²) in [6, 6.07) is 0. The van der Waals surface area contributed by atoms with Crippen molar-refractivity contribution in [1.29, 1.82) is 0 Å². The molecule has 0 atom stereocenters. The summed E-state index contributed by atoms with van der Waals surface area (Å²) in [5.74, 6) is 0. The van der Waals surface area contributed by atoms with Crippen LogP contribution in [-0.4, -0.2) is 19.0 Å². The van der Waals surface area contributed by atoms with Gasteiger partial charge >= 0.3 is 0 Å². The van der Waals surface area contributed by atoms with Gasteiger partial charge in [0.25, 0.3) is 11.1 Å². The van der Waals surface area contributed by atoms with Gasteiger partial charge in [-0.3, -0.25) is 9.59 Å². The van der Waals surface area contributed by atoms with E-state index in [1.54, 1.807) is 17.4 Å². The first-order chi connectivity index (χ1) is 7.91. The minimum atomic E-state index is -0.400. The third-order valence-electron chi connectivity index (χ3n) is 2.42. The normalized spacial score (nSPS) is 11.4. The number of hydrogen-bond donors (Lipinski definition) is 3. The molecule has 0 spiro atoms. The van der Waals surface area contributed by atoms with Crippen molar-refractivity contribution in [2.75, 3.05) is 6.26 Å². The van der Waals surface area contributed by atoms with E-state index >= 15 is 0 Å². The number of rotatable bonds is 1. The summed E-state index contributed by atoms with van der Waals surface area (Å²) in [7, 11) is 1.62. The van der Waals surface area contributed by atoms with Crippen LogP contribution in [0, 0.1) is 0 Å². The summed E-state index contributed by atoms with van der Waals surface area (Å²) >= 11 is 13.6. The topological polar surface area (TPSA) is 48.9 Å². The molecule has 2 aromatic rings. The first-order valence-electron chi connectivity index (χ1n) is 4.44. The molecule has 0 aliphatic rings. The Morgan fingerprint density at radius 3 is 2.29 bits per heavy atom. The van der Waals surface area contributed by atoms with Crippen LogP contribution in [0.15, 0.2) is 19.5 Å². The molecule has 0 unspecified atom stereocenters. The Bertz CT molecular complexity index is 727. The lowest BCUT2D eigenvalue weighted by Crippen LogP contribution is -2.17. The van der Waals surface area contributed by atoms with E-state index in [-0.39, 0.29) is 15.5 Å². The van der Waals surface area contributed by atoms with E-state index in [4.69, 9.17) is 0 Å². The Hall–Kier alpha value is -0.380. The quantitative estimate of drug-likeness (QED) is 0.686. The van der Waals surface area contributed by atoms with E-state index in [0.717, 1.165) is 3.97 Å². The molecular formula is C8H9N3O2S4. The summed E-state index contributed by atoms with van der Waals surface area (Å²) in [4.78, 5) is 24.0. The molecule has 2 aromatic heterocycles. The van der Waals surface area contributed by atoms with Crippen molar-refractivity contribution < 1.29 is 0 Å². The van der Waals surface area contributed by atoms with Gasteiger partial charge in [0, 0.05) is 13.3 Å². The SMILES string of the molecule is CSn1c2c(S)c(=O)n(S)c(S)c2c(=O)n1C. The number of pyridine rings is 1. The first-order valence-corrected chi connectivity index (χ1v) is 6.91. The summed E-state index contributed by atoms with van der Waals surface area (Å²) in [5, 5.41) is 0.560. The number of aromatic nitrogens is 3. The van der Waals surface area contributed by atoms with Crippen LogP contribution in [0.3, 0.4) is 0 Å². The zero-order valence-electron chi connectivity index (χ0n) is 8.91. The van der Waals surface area contributed by atoms with Crippen LogP contribution in [0.5, 0.6) is 0 Å². The fraction of sp³-hybridized carbons (Fsp3) is 0.250. The molecule has 17 heavy (non-hydrogen) atoms. The highest BCUT2D eigenvalue weighted by Gasteiger charge is 2.20. The molecule has 0 radical (unpaired) electrons. The monoisotopic (exact) mass is 307 g/mol. The summed E-state index contributed by atoms with van der Waals surface area (Å²) in [5.41, 5.74) is -0.173. The van der Waals surface area contributed by atoms with Gasteiger partial charge in [0.15, 0.2) is 0 Å². The maximum Gasteiger partial charge on any atom is 0.277 e. The molecule has 0 saturated heterocycles. The molecule has 0 saturated carbocycles. The molecule has 0 amide bonds. The molecular weight excluding hydrogens is 298 g/mol. The molecule has 9 heteroatoms. The van der Waals surface area contributed by atoms with Crippen molar-refractivity contribution in [3.63, 3.8) is 0 Å². The first kappa shape index (κ1) is 13.1. The molecule has 0 fully saturated rings. The number of fused-ring (bicyclic) bond motifs is 1. The summed E-state index contributed by atoms with van der Waals surface area (Å²) < 4.78 is 4.02. The van der Waals surface area contributed by atoms with Crippen molar-refractivity contribution in [3.05, 3.63) is 20.7 Å². The molecule has 2 heterocycles. The second-order valence-corrected chi connectivity index (χ2v) is 5.28. The Balaban J connectivity index is 3.24. The standard InChI is InChI=1S/C8H9N3O2S4/c1-9-6(12)3-4(11(9)17-2)5(14)7(13)10(16)8(3)15/h14-16H,1-2H3. The van der Waals surface area contributed by atoms with Crippen molar-refractivity contribution >= 4 is 60.9 Å². The summed E-state index contributed by atoms with van der Waals surface area (Å²) in [6.07, 6.45) is 1.80. The predicted molar refractivity (Wildman–Crippen MR) is 79.2 cm³/mol. The second kappa shape index (κ2) is 4.38. The van der Waals surface area contributed by atoms with Crippen molar-refractivity contribution in [3.8, 4) is 0 Å². The number of nitrogens with zero attached hydrogens (tertiary/aromatic N) is 3. The van der Waals surface area contributed by atoms with E-state index in [9.17, 15) is 9.59 Å². The van der Waals surface area contributed by atoms with Crippen molar-refractivity contribution in [2.24, 2.45) is 7.05 Å². The van der Waals surface area contributed by atoms with Crippen LogP contribution in [0.2, 0.25) is 0 Å². The average molecular weight is 307 g/mol. The minimum absolute atomic E-state index is 0.180. The van der Waals surface area contributed by atoms with Crippen LogP contribution in [-0.2, 0) is 7.05 Å². The zero-order chi connectivity index (χ0) is 12.9. The Morgan fingerprint density at radius 1 is 1.18 bits per heavy atom.